The van der Waals surface area contributed by atoms with Crippen molar-refractivity contribution >= 4 is 11.9 Å². The monoisotopic (exact) mass is 323 g/mol. The maximum absolute atomic E-state index is 11.2. The predicted molar refractivity (Wildman–Crippen MR) is 91.4 cm³/mol. The minimum atomic E-state index is -0.249. The van der Waals surface area contributed by atoms with Crippen LogP contribution in [0.2, 0.25) is 0 Å². The van der Waals surface area contributed by atoms with Crippen molar-refractivity contribution in [3.8, 4) is 0 Å². The third-order valence-electron chi connectivity index (χ3n) is 3.39. The van der Waals surface area contributed by atoms with Gasteiger partial charge in [0.1, 0.15) is 0 Å². The van der Waals surface area contributed by atoms with Crippen molar-refractivity contribution in [1.82, 2.24) is 20.0 Å². The Labute approximate surface area is 138 Å². The lowest BCUT2D eigenvalue weighted by Crippen LogP contribution is -2.38. The van der Waals surface area contributed by atoms with Gasteiger partial charge < -0.3 is 15.0 Å². The van der Waals surface area contributed by atoms with Gasteiger partial charge in [-0.15, -0.1) is 0 Å². The Kier molecular flexibility index (Phi) is 7.57. The number of rotatable bonds is 7. The van der Waals surface area contributed by atoms with Crippen LogP contribution in [0, 0.1) is 0 Å². The summed E-state index contributed by atoms with van der Waals surface area (Å²) in [6, 6.07) is 0. The second-order valence-electron chi connectivity index (χ2n) is 5.79. The lowest BCUT2D eigenvalue weighted by molar-refractivity contribution is -0.140. The van der Waals surface area contributed by atoms with Crippen LogP contribution in [0.5, 0.6) is 0 Å². The van der Waals surface area contributed by atoms with Crippen LogP contribution in [0.25, 0.3) is 0 Å². The van der Waals surface area contributed by atoms with Gasteiger partial charge in [-0.25, -0.2) is 0 Å². The van der Waals surface area contributed by atoms with Crippen molar-refractivity contribution in [3.63, 3.8) is 0 Å². The number of nitrogens with one attached hydrogen (secondary N) is 1. The number of hydrogen-bond acceptors (Lipinski definition) is 4. The lowest BCUT2D eigenvalue weighted by atomic mass is 10.1. The maximum Gasteiger partial charge on any atom is 0.307 e. The third-order valence-corrected chi connectivity index (χ3v) is 3.39. The van der Waals surface area contributed by atoms with Gasteiger partial charge in [0.05, 0.1) is 25.8 Å². The molecule has 0 radical (unpaired) electrons. The van der Waals surface area contributed by atoms with E-state index in [0.717, 1.165) is 18.2 Å². The van der Waals surface area contributed by atoms with E-state index in [9.17, 15) is 4.79 Å². The molecule has 0 saturated carbocycles. The average Bonchev–Trinajstić information content (AvgIpc) is 2.86. The third kappa shape index (κ3) is 5.92. The van der Waals surface area contributed by atoms with Crippen molar-refractivity contribution in [2.24, 2.45) is 12.0 Å². The number of hydrogen-bond donors (Lipinski definition) is 1. The molecular weight excluding hydrogens is 294 g/mol. The van der Waals surface area contributed by atoms with Gasteiger partial charge in [-0.05, 0) is 12.8 Å². The van der Waals surface area contributed by atoms with Gasteiger partial charge in [0.15, 0.2) is 5.96 Å². The number of guanidine groups is 1. The highest BCUT2D eigenvalue weighted by Crippen LogP contribution is 2.18. The fraction of sp³-hybridized carbons (Fsp3) is 0.688. The Morgan fingerprint density at radius 2 is 2.22 bits per heavy atom. The van der Waals surface area contributed by atoms with E-state index in [1.54, 1.807) is 0 Å². The number of aliphatic imine (C=N–C) groups is 1. The topological polar surface area (TPSA) is 71.8 Å². The van der Waals surface area contributed by atoms with E-state index in [1.165, 1.54) is 12.7 Å². The molecule has 1 aromatic rings. The molecule has 0 bridgehead atoms. The molecule has 7 heteroatoms. The summed E-state index contributed by atoms with van der Waals surface area (Å²) in [6.07, 6.45) is 2.33. The number of ether oxygens (including phenoxy) is 1. The van der Waals surface area contributed by atoms with Crippen molar-refractivity contribution in [2.75, 3.05) is 27.2 Å². The van der Waals surface area contributed by atoms with E-state index in [1.807, 2.05) is 36.8 Å². The van der Waals surface area contributed by atoms with Crippen LogP contribution in [0.1, 0.15) is 44.4 Å². The van der Waals surface area contributed by atoms with Crippen molar-refractivity contribution < 1.29 is 9.53 Å². The minimum Gasteiger partial charge on any atom is -0.469 e. The van der Waals surface area contributed by atoms with Crippen LogP contribution < -0.4 is 5.32 Å². The zero-order chi connectivity index (χ0) is 17.4. The minimum absolute atomic E-state index is 0.249. The number of aromatic nitrogens is 2. The van der Waals surface area contributed by atoms with Crippen LogP contribution in [-0.2, 0) is 23.1 Å². The van der Waals surface area contributed by atoms with Crippen molar-refractivity contribution in [3.05, 3.63) is 17.5 Å². The van der Waals surface area contributed by atoms with Gasteiger partial charge in [-0.3, -0.25) is 14.5 Å². The fourth-order valence-corrected chi connectivity index (χ4v) is 2.32. The predicted octanol–water partition coefficient (Wildman–Crippen LogP) is 1.50. The molecular formula is C16H29N5O2. The SMILES string of the molecule is CCNC(=NCCC(=O)OC)N(C)Cc1cn(C)nc1C(C)C. The molecule has 1 N–H and O–H groups in total. The fourth-order valence-electron chi connectivity index (χ4n) is 2.32. The summed E-state index contributed by atoms with van der Waals surface area (Å²) in [6.45, 7) is 8.19. The molecule has 1 aromatic heterocycles. The first kappa shape index (κ1) is 19.0. The standard InChI is InChI=1S/C16H29N5O2/c1-7-17-16(18-9-8-14(22)23-6)20(4)10-13-11-21(5)19-15(13)12(2)3/h11-12H,7-10H2,1-6H3,(H,17,18). The Morgan fingerprint density at radius 3 is 2.78 bits per heavy atom. The number of carbonyl (C=O) groups is 1. The van der Waals surface area contributed by atoms with Crippen molar-refractivity contribution in [1.29, 1.82) is 0 Å². The highest BCUT2D eigenvalue weighted by Gasteiger charge is 2.15. The van der Waals surface area contributed by atoms with E-state index < -0.39 is 0 Å². The zero-order valence-corrected chi connectivity index (χ0v) is 15.1. The summed E-state index contributed by atoms with van der Waals surface area (Å²) in [5, 5.41) is 7.78. The zero-order valence-electron chi connectivity index (χ0n) is 15.1. The Bertz CT molecular complexity index is 537. The second-order valence-corrected chi connectivity index (χ2v) is 5.79. The first-order chi connectivity index (χ1) is 10.9. The maximum atomic E-state index is 11.2. The van der Waals surface area contributed by atoms with Gasteiger partial charge >= 0.3 is 5.97 Å². The molecule has 0 amide bonds. The number of methoxy groups -OCH3 is 1. The van der Waals surface area contributed by atoms with E-state index in [-0.39, 0.29) is 12.4 Å². The van der Waals surface area contributed by atoms with E-state index >= 15 is 0 Å². The van der Waals surface area contributed by atoms with Crippen molar-refractivity contribution in [2.45, 2.75) is 39.7 Å². The van der Waals surface area contributed by atoms with Crippen LogP contribution in [0.3, 0.4) is 0 Å². The summed E-state index contributed by atoms with van der Waals surface area (Å²) in [4.78, 5) is 17.7. The van der Waals surface area contributed by atoms with Crippen LogP contribution in [-0.4, -0.2) is 53.9 Å². The largest absolute Gasteiger partial charge is 0.469 e. The summed E-state index contributed by atoms with van der Waals surface area (Å²) >= 11 is 0. The highest BCUT2D eigenvalue weighted by atomic mass is 16.5. The van der Waals surface area contributed by atoms with E-state index in [0.29, 0.717) is 19.0 Å². The number of nitrogens with zero attached hydrogens (tertiary/aromatic N) is 4. The summed E-state index contributed by atoms with van der Waals surface area (Å²) in [5.41, 5.74) is 2.29. The quantitative estimate of drug-likeness (QED) is 0.468. The molecule has 0 aliphatic carbocycles. The van der Waals surface area contributed by atoms with Gasteiger partial charge in [-0.1, -0.05) is 13.8 Å². The molecule has 7 nitrogen and oxygen atoms in total. The Hall–Kier alpha value is -2.05. The number of aryl methyl sites for hydroxylation is 1. The van der Waals surface area contributed by atoms with E-state index in [2.05, 4.69) is 34.0 Å². The molecule has 0 aliphatic rings. The molecule has 0 aliphatic heterocycles. The second kappa shape index (κ2) is 9.17. The molecule has 130 valence electrons. The molecule has 0 unspecified atom stereocenters. The highest BCUT2D eigenvalue weighted by molar-refractivity contribution is 5.80. The molecule has 0 saturated heterocycles. The van der Waals surface area contributed by atoms with Gasteiger partial charge in [0.2, 0.25) is 0 Å². The van der Waals surface area contributed by atoms with Crippen LogP contribution in [0.4, 0.5) is 0 Å². The number of carbonyl (C=O) groups excluding carboxylic acids is 1. The Morgan fingerprint density at radius 1 is 1.52 bits per heavy atom. The summed E-state index contributed by atoms with van der Waals surface area (Å²) in [5.74, 6) is 0.898. The van der Waals surface area contributed by atoms with E-state index in [4.69, 9.17) is 0 Å². The van der Waals surface area contributed by atoms with Crippen LogP contribution >= 0.6 is 0 Å². The average molecular weight is 323 g/mol. The first-order valence-electron chi connectivity index (χ1n) is 7.97. The smallest absolute Gasteiger partial charge is 0.307 e. The number of esters is 1. The molecule has 23 heavy (non-hydrogen) atoms. The lowest BCUT2D eigenvalue weighted by Gasteiger charge is -2.22. The summed E-state index contributed by atoms with van der Waals surface area (Å²) in [7, 11) is 5.31. The van der Waals surface area contributed by atoms with Gasteiger partial charge in [0, 0.05) is 38.9 Å². The van der Waals surface area contributed by atoms with Gasteiger partial charge in [0.25, 0.3) is 0 Å². The molecule has 0 atom stereocenters. The molecule has 0 spiro atoms. The summed E-state index contributed by atoms with van der Waals surface area (Å²) < 4.78 is 6.49. The van der Waals surface area contributed by atoms with Gasteiger partial charge in [-0.2, -0.15) is 5.10 Å². The molecule has 1 rings (SSSR count). The molecule has 0 fully saturated rings. The molecule has 0 aromatic carbocycles. The normalized spacial score (nSPS) is 11.7. The van der Waals surface area contributed by atoms with Crippen LogP contribution in [0.15, 0.2) is 11.2 Å². The Balaban J connectivity index is 2.79. The molecule has 1 heterocycles. The first-order valence-corrected chi connectivity index (χ1v) is 7.97.